The summed E-state index contributed by atoms with van der Waals surface area (Å²) in [4.78, 5) is 10.1. The fraction of sp³-hybridized carbons (Fsp3) is 0.300. The largest absolute Gasteiger partial charge is 0.419 e. The minimum absolute atomic E-state index is 0.0845. The van der Waals surface area contributed by atoms with E-state index in [4.69, 9.17) is 0 Å². The van der Waals surface area contributed by atoms with Crippen LogP contribution in [0.5, 0.6) is 0 Å². The number of Topliss-reactive ketones (excluding diaryl/α,β-unsaturated/α-hetero) is 1. The third kappa shape index (κ3) is 2.81. The van der Waals surface area contributed by atoms with E-state index in [1.807, 2.05) is 0 Å². The fourth-order valence-electron chi connectivity index (χ4n) is 1.15. The number of hydrogen-bond donors (Lipinski definition) is 0. The maximum atomic E-state index is 12.9. The van der Waals surface area contributed by atoms with Gasteiger partial charge in [0.15, 0.2) is 0 Å². The van der Waals surface area contributed by atoms with Crippen LogP contribution in [0.2, 0.25) is 0 Å². The molecule has 0 amide bonds. The lowest BCUT2D eigenvalue weighted by Crippen LogP contribution is -2.10. The van der Waals surface area contributed by atoms with Crippen molar-refractivity contribution in [1.29, 1.82) is 0 Å². The first kappa shape index (κ1) is 13.2. The van der Waals surface area contributed by atoms with Crippen molar-refractivity contribution in [1.82, 2.24) is 0 Å². The summed E-state index contributed by atoms with van der Waals surface area (Å²) in [6.07, 6.45) is -4.76. The van der Waals surface area contributed by atoms with E-state index in [0.29, 0.717) is 12.1 Å². The Morgan fingerprint density at radius 3 is 2.38 bits per heavy atom. The summed E-state index contributed by atoms with van der Waals surface area (Å²) in [5.41, 5.74) is -1.28. The first-order valence-corrected chi connectivity index (χ1v) is 5.16. The average Bonchev–Trinajstić information content (AvgIpc) is 2.15. The highest BCUT2D eigenvalue weighted by Gasteiger charge is 2.34. The molecule has 6 heteroatoms. The van der Waals surface area contributed by atoms with Gasteiger partial charge in [0.05, 0.1) is 10.4 Å². The molecule has 1 unspecified atom stereocenters. The zero-order valence-electron chi connectivity index (χ0n) is 8.11. The van der Waals surface area contributed by atoms with Gasteiger partial charge in [-0.3, -0.25) is 4.79 Å². The second-order valence-corrected chi connectivity index (χ2v) is 4.13. The molecule has 16 heavy (non-hydrogen) atoms. The molecule has 0 spiro atoms. The van der Waals surface area contributed by atoms with E-state index < -0.39 is 22.4 Å². The van der Waals surface area contributed by atoms with Crippen molar-refractivity contribution >= 4 is 21.7 Å². The molecule has 0 N–H and O–H groups in total. The standard InChI is InChI=1S/C10H7BrF4O/c1-5(16)9(11)6-2-3-8(12)7(4-6)10(13,14)15/h2-4,9H,1H3. The second-order valence-electron chi connectivity index (χ2n) is 3.21. The normalized spacial score (nSPS) is 13.6. The van der Waals surface area contributed by atoms with Gasteiger partial charge in [-0.05, 0) is 24.6 Å². The predicted molar refractivity (Wildman–Crippen MR) is 53.8 cm³/mol. The molecule has 88 valence electrons. The SMILES string of the molecule is CC(=O)C(Br)c1ccc(F)c(C(F)(F)F)c1. The topological polar surface area (TPSA) is 17.1 Å². The van der Waals surface area contributed by atoms with Gasteiger partial charge in [-0.2, -0.15) is 13.2 Å². The minimum Gasteiger partial charge on any atom is -0.298 e. The lowest BCUT2D eigenvalue weighted by atomic mass is 10.1. The van der Waals surface area contributed by atoms with Gasteiger partial charge in [-0.25, -0.2) is 4.39 Å². The van der Waals surface area contributed by atoms with Crippen molar-refractivity contribution in [3.8, 4) is 0 Å². The molecule has 1 aromatic carbocycles. The molecule has 1 rings (SSSR count). The number of alkyl halides is 4. The predicted octanol–water partition coefficient (Wildman–Crippen LogP) is 3.87. The van der Waals surface area contributed by atoms with E-state index in [1.165, 1.54) is 6.92 Å². The number of hydrogen-bond acceptors (Lipinski definition) is 1. The molecule has 0 aliphatic heterocycles. The maximum absolute atomic E-state index is 12.9. The van der Waals surface area contributed by atoms with Crippen molar-refractivity contribution < 1.29 is 22.4 Å². The minimum atomic E-state index is -4.76. The Morgan fingerprint density at radius 2 is 1.94 bits per heavy atom. The molecule has 0 aromatic heterocycles. The molecule has 1 atom stereocenters. The first-order valence-electron chi connectivity index (χ1n) is 4.24. The summed E-state index contributed by atoms with van der Waals surface area (Å²) in [6.45, 7) is 1.23. The van der Waals surface area contributed by atoms with E-state index in [-0.39, 0.29) is 11.3 Å². The van der Waals surface area contributed by atoms with Crippen LogP contribution in [0.15, 0.2) is 18.2 Å². The third-order valence-corrected chi connectivity index (χ3v) is 3.12. The highest BCUT2D eigenvalue weighted by atomic mass is 79.9. The Balaban J connectivity index is 3.23. The van der Waals surface area contributed by atoms with E-state index in [1.54, 1.807) is 0 Å². The van der Waals surface area contributed by atoms with E-state index in [9.17, 15) is 22.4 Å². The van der Waals surface area contributed by atoms with Crippen molar-refractivity contribution in [2.45, 2.75) is 17.9 Å². The fourth-order valence-corrected chi connectivity index (χ4v) is 1.44. The summed E-state index contributed by atoms with van der Waals surface area (Å²) in [7, 11) is 0. The van der Waals surface area contributed by atoms with Crippen LogP contribution in [0.3, 0.4) is 0 Å². The van der Waals surface area contributed by atoms with Gasteiger partial charge in [0.1, 0.15) is 11.6 Å². The smallest absolute Gasteiger partial charge is 0.298 e. The van der Waals surface area contributed by atoms with Crippen LogP contribution in [0.1, 0.15) is 22.9 Å². The number of benzene rings is 1. The maximum Gasteiger partial charge on any atom is 0.419 e. The summed E-state index contributed by atoms with van der Waals surface area (Å²) in [5, 5.41) is 0. The molecule has 1 nitrogen and oxygen atoms in total. The molecule has 0 saturated heterocycles. The summed E-state index contributed by atoms with van der Waals surface area (Å²) >= 11 is 2.94. The number of carbonyl (C=O) groups excluding carboxylic acids is 1. The molecule has 0 fully saturated rings. The third-order valence-electron chi connectivity index (χ3n) is 1.95. The van der Waals surface area contributed by atoms with Gasteiger partial charge in [0.25, 0.3) is 0 Å². The molecule has 0 aliphatic carbocycles. The number of halogens is 5. The van der Waals surface area contributed by atoms with Crippen LogP contribution >= 0.6 is 15.9 Å². The highest BCUT2D eigenvalue weighted by molar-refractivity contribution is 9.09. The first-order chi connectivity index (χ1) is 7.23. The number of carbonyl (C=O) groups is 1. The van der Waals surface area contributed by atoms with Crippen LogP contribution < -0.4 is 0 Å². The Morgan fingerprint density at radius 1 is 1.38 bits per heavy atom. The molecule has 0 aliphatic rings. The van der Waals surface area contributed by atoms with E-state index in [2.05, 4.69) is 15.9 Å². The van der Waals surface area contributed by atoms with Crippen LogP contribution in [0.25, 0.3) is 0 Å². The highest BCUT2D eigenvalue weighted by Crippen LogP contribution is 2.34. The van der Waals surface area contributed by atoms with Gasteiger partial charge >= 0.3 is 6.18 Å². The molecular formula is C10H7BrF4O. The number of ketones is 1. The lowest BCUT2D eigenvalue weighted by molar-refractivity contribution is -0.140. The Bertz CT molecular complexity index is 414. The van der Waals surface area contributed by atoms with Gasteiger partial charge in [-0.1, -0.05) is 22.0 Å². The second kappa shape index (κ2) is 4.53. The molecule has 0 saturated carbocycles. The van der Waals surface area contributed by atoms with Crippen molar-refractivity contribution in [2.75, 3.05) is 0 Å². The summed E-state index contributed by atoms with van der Waals surface area (Å²) in [5.74, 6) is -1.70. The lowest BCUT2D eigenvalue weighted by Gasteiger charge is -2.12. The summed E-state index contributed by atoms with van der Waals surface area (Å²) in [6, 6.07) is 2.48. The molecule has 1 aromatic rings. The quantitative estimate of drug-likeness (QED) is 0.598. The van der Waals surface area contributed by atoms with Crippen LogP contribution in [-0.2, 0) is 11.0 Å². The number of rotatable bonds is 2. The van der Waals surface area contributed by atoms with Gasteiger partial charge in [0.2, 0.25) is 0 Å². The monoisotopic (exact) mass is 298 g/mol. The molecular weight excluding hydrogens is 292 g/mol. The Kier molecular flexibility index (Phi) is 3.72. The molecule has 0 bridgehead atoms. The van der Waals surface area contributed by atoms with Crippen molar-refractivity contribution in [3.63, 3.8) is 0 Å². The van der Waals surface area contributed by atoms with E-state index >= 15 is 0 Å². The van der Waals surface area contributed by atoms with Gasteiger partial charge in [0, 0.05) is 0 Å². The van der Waals surface area contributed by atoms with Gasteiger partial charge in [-0.15, -0.1) is 0 Å². The zero-order valence-corrected chi connectivity index (χ0v) is 9.69. The van der Waals surface area contributed by atoms with Crippen molar-refractivity contribution in [3.05, 3.63) is 35.1 Å². The average molecular weight is 299 g/mol. The molecule has 0 radical (unpaired) electrons. The van der Waals surface area contributed by atoms with E-state index in [0.717, 1.165) is 6.07 Å². The van der Waals surface area contributed by atoms with Crippen molar-refractivity contribution in [2.24, 2.45) is 0 Å². The van der Waals surface area contributed by atoms with Crippen LogP contribution in [0.4, 0.5) is 17.6 Å². The molecule has 0 heterocycles. The van der Waals surface area contributed by atoms with Crippen LogP contribution in [0, 0.1) is 5.82 Å². The van der Waals surface area contributed by atoms with Gasteiger partial charge < -0.3 is 0 Å². The Labute approximate surface area is 97.6 Å². The van der Waals surface area contributed by atoms with Crippen LogP contribution in [-0.4, -0.2) is 5.78 Å². The zero-order chi connectivity index (χ0) is 12.5. The summed E-state index contributed by atoms with van der Waals surface area (Å²) < 4.78 is 50.0. The Hall–Kier alpha value is -0.910.